The maximum Gasteiger partial charge on any atom is 0.410 e. The number of carbonyl (C=O) groups is 1. The summed E-state index contributed by atoms with van der Waals surface area (Å²) in [6.45, 7) is 9.53. The van der Waals surface area contributed by atoms with Gasteiger partial charge >= 0.3 is 6.09 Å². The molecule has 0 radical (unpaired) electrons. The number of carbonyl (C=O) groups excluding carboxylic acids is 1. The second-order valence-corrected chi connectivity index (χ2v) is 8.25. The van der Waals surface area contributed by atoms with E-state index in [1.807, 2.05) is 20.8 Å². The van der Waals surface area contributed by atoms with Gasteiger partial charge in [0.1, 0.15) is 5.60 Å². The van der Waals surface area contributed by atoms with Crippen LogP contribution in [0.25, 0.3) is 0 Å². The summed E-state index contributed by atoms with van der Waals surface area (Å²) < 4.78 is 6.46. The van der Waals surface area contributed by atoms with Gasteiger partial charge in [0.25, 0.3) is 0 Å². The van der Waals surface area contributed by atoms with Crippen molar-refractivity contribution in [3.63, 3.8) is 0 Å². The van der Waals surface area contributed by atoms with Gasteiger partial charge in [-0.2, -0.15) is 0 Å². The maximum absolute atomic E-state index is 12.1. The molecule has 1 saturated heterocycles. The molecule has 0 aromatic heterocycles. The topological polar surface area (TPSA) is 32.8 Å². The summed E-state index contributed by atoms with van der Waals surface area (Å²) in [4.78, 5) is 16.2. The van der Waals surface area contributed by atoms with Crippen molar-refractivity contribution in [2.75, 3.05) is 18.5 Å². The second-order valence-electron chi connectivity index (χ2n) is 7.34. The van der Waals surface area contributed by atoms with Gasteiger partial charge in [-0.1, -0.05) is 15.9 Å². The van der Waals surface area contributed by atoms with Crippen LogP contribution in [0.2, 0.25) is 0 Å². The molecule has 1 aromatic rings. The second kappa shape index (κ2) is 7.12. The van der Waals surface area contributed by atoms with Crippen molar-refractivity contribution in [1.82, 2.24) is 4.90 Å². The van der Waals surface area contributed by atoms with Gasteiger partial charge in [0, 0.05) is 36.3 Å². The van der Waals surface area contributed by atoms with E-state index in [1.165, 1.54) is 18.5 Å². The van der Waals surface area contributed by atoms with Crippen LogP contribution < -0.4 is 4.90 Å². The van der Waals surface area contributed by atoms with Crippen LogP contribution in [0, 0.1) is 0 Å². The molecule has 1 heterocycles. The number of ether oxygens (including phenoxy) is 1. The lowest BCUT2D eigenvalue weighted by atomic mass is 10.1. The third kappa shape index (κ3) is 5.13. The Morgan fingerprint density at radius 1 is 1.39 bits per heavy atom. The van der Waals surface area contributed by atoms with Gasteiger partial charge < -0.3 is 14.5 Å². The number of anilines is 1. The minimum atomic E-state index is -0.473. The van der Waals surface area contributed by atoms with E-state index in [1.54, 1.807) is 11.9 Å². The van der Waals surface area contributed by atoms with E-state index in [9.17, 15) is 4.79 Å². The average molecular weight is 383 g/mol. The predicted octanol–water partition coefficient (Wildman–Crippen LogP) is 4.80. The molecule has 1 aliphatic heterocycles. The summed E-state index contributed by atoms with van der Waals surface area (Å²) in [5, 5.41) is 0. The largest absolute Gasteiger partial charge is 0.444 e. The van der Waals surface area contributed by atoms with Crippen molar-refractivity contribution >= 4 is 27.7 Å². The summed E-state index contributed by atoms with van der Waals surface area (Å²) in [5.74, 6) is 0. The van der Waals surface area contributed by atoms with Crippen molar-refractivity contribution in [1.29, 1.82) is 0 Å². The fourth-order valence-corrected chi connectivity index (χ4v) is 3.41. The molecule has 0 unspecified atom stereocenters. The maximum atomic E-state index is 12.1. The molecule has 5 heteroatoms. The first-order chi connectivity index (χ1) is 10.7. The Hall–Kier alpha value is -1.23. The fraction of sp³-hybridized carbons (Fsp3) is 0.611. The van der Waals surface area contributed by atoms with Crippen LogP contribution in [0.5, 0.6) is 0 Å². The first-order valence-electron chi connectivity index (χ1n) is 8.16. The number of hydrogen-bond donors (Lipinski definition) is 0. The molecule has 0 bridgehead atoms. The lowest BCUT2D eigenvalue weighted by Crippen LogP contribution is -2.34. The third-order valence-electron chi connectivity index (χ3n) is 3.95. The molecule has 2 rings (SSSR count). The van der Waals surface area contributed by atoms with E-state index in [-0.39, 0.29) is 6.09 Å². The van der Waals surface area contributed by atoms with Gasteiger partial charge in [-0.15, -0.1) is 0 Å². The molecule has 1 fully saturated rings. The highest BCUT2D eigenvalue weighted by Gasteiger charge is 2.22. The predicted molar refractivity (Wildman–Crippen MR) is 97.9 cm³/mol. The molecule has 1 aromatic carbocycles. The number of benzene rings is 1. The van der Waals surface area contributed by atoms with Crippen LogP contribution >= 0.6 is 15.9 Å². The Morgan fingerprint density at radius 3 is 2.65 bits per heavy atom. The molecule has 1 atom stereocenters. The first kappa shape index (κ1) is 18.1. The van der Waals surface area contributed by atoms with E-state index in [4.69, 9.17) is 4.74 Å². The van der Waals surface area contributed by atoms with Crippen molar-refractivity contribution in [3.05, 3.63) is 28.2 Å². The zero-order chi connectivity index (χ0) is 17.2. The molecule has 23 heavy (non-hydrogen) atoms. The van der Waals surface area contributed by atoms with Crippen molar-refractivity contribution in [2.24, 2.45) is 0 Å². The highest BCUT2D eigenvalue weighted by molar-refractivity contribution is 9.10. The Bertz CT molecular complexity index is 569. The summed E-state index contributed by atoms with van der Waals surface area (Å²) in [7, 11) is 1.77. The van der Waals surface area contributed by atoms with Gasteiger partial charge in [-0.05, 0) is 64.3 Å². The number of rotatable bonds is 3. The Balaban J connectivity index is 2.11. The van der Waals surface area contributed by atoms with Crippen LogP contribution in [-0.4, -0.2) is 36.2 Å². The monoisotopic (exact) mass is 382 g/mol. The Kier molecular flexibility index (Phi) is 5.61. The molecule has 0 N–H and O–H groups in total. The van der Waals surface area contributed by atoms with E-state index in [2.05, 4.69) is 46.0 Å². The lowest BCUT2D eigenvalue weighted by molar-refractivity contribution is 0.0285. The zero-order valence-electron chi connectivity index (χ0n) is 14.7. The minimum absolute atomic E-state index is 0.298. The number of hydrogen-bond acceptors (Lipinski definition) is 3. The third-order valence-corrected chi connectivity index (χ3v) is 4.41. The van der Waals surface area contributed by atoms with E-state index in [0.29, 0.717) is 12.6 Å². The normalized spacial score (nSPS) is 18.2. The summed E-state index contributed by atoms with van der Waals surface area (Å²) >= 11 is 3.59. The van der Waals surface area contributed by atoms with Crippen molar-refractivity contribution < 1.29 is 9.53 Å². The van der Waals surface area contributed by atoms with Crippen LogP contribution in [0.15, 0.2) is 22.7 Å². The standard InChI is InChI=1S/C18H27BrN2O2/c1-13-7-6-8-21(13)16-10-14(9-15(19)11-16)12-20(5)17(22)23-18(2,3)4/h9-11,13H,6-8,12H2,1-5H3/t13-/m1/s1. The highest BCUT2D eigenvalue weighted by Crippen LogP contribution is 2.29. The zero-order valence-corrected chi connectivity index (χ0v) is 16.3. The van der Waals surface area contributed by atoms with E-state index < -0.39 is 5.60 Å². The molecular formula is C18H27BrN2O2. The van der Waals surface area contributed by atoms with Crippen molar-refractivity contribution in [2.45, 2.75) is 58.7 Å². The van der Waals surface area contributed by atoms with Crippen LogP contribution in [0.4, 0.5) is 10.5 Å². The molecule has 0 aliphatic carbocycles. The molecule has 128 valence electrons. The Morgan fingerprint density at radius 2 is 2.09 bits per heavy atom. The SMILES string of the molecule is C[C@@H]1CCCN1c1cc(Br)cc(CN(C)C(=O)OC(C)(C)C)c1. The van der Waals surface area contributed by atoms with E-state index in [0.717, 1.165) is 16.6 Å². The quantitative estimate of drug-likeness (QED) is 0.751. The highest BCUT2D eigenvalue weighted by atomic mass is 79.9. The average Bonchev–Trinajstić information content (AvgIpc) is 2.82. The van der Waals surface area contributed by atoms with Crippen LogP contribution in [0.3, 0.4) is 0 Å². The molecular weight excluding hydrogens is 356 g/mol. The van der Waals surface area contributed by atoms with E-state index >= 15 is 0 Å². The summed E-state index contributed by atoms with van der Waals surface area (Å²) in [6, 6.07) is 6.96. The minimum Gasteiger partial charge on any atom is -0.444 e. The molecule has 4 nitrogen and oxygen atoms in total. The van der Waals surface area contributed by atoms with Gasteiger partial charge in [-0.25, -0.2) is 4.79 Å². The van der Waals surface area contributed by atoms with Gasteiger partial charge in [0.15, 0.2) is 0 Å². The number of amides is 1. The van der Waals surface area contributed by atoms with Crippen LogP contribution in [0.1, 0.15) is 46.1 Å². The molecule has 0 saturated carbocycles. The fourth-order valence-electron chi connectivity index (χ4n) is 2.89. The molecule has 1 amide bonds. The summed E-state index contributed by atoms with van der Waals surface area (Å²) in [6.07, 6.45) is 2.18. The molecule has 1 aliphatic rings. The van der Waals surface area contributed by atoms with Gasteiger partial charge in [-0.3, -0.25) is 0 Å². The first-order valence-corrected chi connectivity index (χ1v) is 8.95. The van der Waals surface area contributed by atoms with Gasteiger partial charge in [0.2, 0.25) is 0 Å². The number of nitrogens with zero attached hydrogens (tertiary/aromatic N) is 2. The molecule has 0 spiro atoms. The summed E-state index contributed by atoms with van der Waals surface area (Å²) in [5.41, 5.74) is 1.84. The van der Waals surface area contributed by atoms with Gasteiger partial charge in [0.05, 0.1) is 0 Å². The lowest BCUT2D eigenvalue weighted by Gasteiger charge is -2.27. The Labute approximate surface area is 147 Å². The smallest absolute Gasteiger partial charge is 0.410 e. The number of halogens is 1. The van der Waals surface area contributed by atoms with Crippen molar-refractivity contribution in [3.8, 4) is 0 Å². The van der Waals surface area contributed by atoms with Crippen LogP contribution in [-0.2, 0) is 11.3 Å².